The van der Waals surface area contributed by atoms with Gasteiger partial charge in [0.2, 0.25) is 5.91 Å². The van der Waals surface area contributed by atoms with E-state index in [1.807, 2.05) is 31.2 Å². The van der Waals surface area contributed by atoms with Gasteiger partial charge < -0.3 is 14.5 Å². The molecular formula is C17H17N3O3S. The van der Waals surface area contributed by atoms with Gasteiger partial charge in [0.1, 0.15) is 5.75 Å². The van der Waals surface area contributed by atoms with Crippen molar-refractivity contribution in [3.8, 4) is 5.75 Å². The third kappa shape index (κ3) is 3.86. The molecule has 124 valence electrons. The summed E-state index contributed by atoms with van der Waals surface area (Å²) in [5.74, 6) is 0.649. The highest BCUT2D eigenvalue weighted by atomic mass is 32.2. The second-order valence-electron chi connectivity index (χ2n) is 5.01. The van der Waals surface area contributed by atoms with Gasteiger partial charge in [-0.25, -0.2) is 4.98 Å². The smallest absolute Gasteiger partial charge is 0.259 e. The van der Waals surface area contributed by atoms with Crippen molar-refractivity contribution in [2.45, 2.75) is 24.3 Å². The zero-order chi connectivity index (χ0) is 16.9. The lowest BCUT2D eigenvalue weighted by Gasteiger charge is -2.10. The standard InChI is InChI=1S/C17H17N3O3S/c1-3-22-13-8-6-12(7-9-13)19-16(21)11(2)24-17-20-15-14(23-17)5-4-10-18-15/h4-11H,3H2,1-2H3,(H,19,21)/t11-/m1/s1. The summed E-state index contributed by atoms with van der Waals surface area (Å²) >= 11 is 1.25. The number of nitrogens with zero attached hydrogens (tertiary/aromatic N) is 2. The number of thioether (sulfide) groups is 1. The zero-order valence-corrected chi connectivity index (χ0v) is 14.2. The van der Waals surface area contributed by atoms with Crippen LogP contribution in [0.15, 0.2) is 52.2 Å². The number of oxazole rings is 1. The number of aromatic nitrogens is 2. The molecule has 0 radical (unpaired) electrons. The number of benzene rings is 1. The molecule has 1 N–H and O–H groups in total. The molecule has 0 aliphatic heterocycles. The maximum absolute atomic E-state index is 12.3. The maximum atomic E-state index is 12.3. The Bertz CT molecular complexity index is 799. The Morgan fingerprint density at radius 2 is 2.12 bits per heavy atom. The number of nitrogens with one attached hydrogen (secondary N) is 1. The van der Waals surface area contributed by atoms with Crippen LogP contribution in [0.1, 0.15) is 13.8 Å². The lowest BCUT2D eigenvalue weighted by molar-refractivity contribution is -0.115. The number of anilines is 1. The van der Waals surface area contributed by atoms with Crippen molar-refractivity contribution < 1.29 is 13.9 Å². The van der Waals surface area contributed by atoms with Crippen LogP contribution in [0.5, 0.6) is 5.75 Å². The minimum atomic E-state index is -0.357. The Kier molecular flexibility index (Phi) is 5.00. The third-order valence-electron chi connectivity index (χ3n) is 3.23. The van der Waals surface area contributed by atoms with Crippen molar-refractivity contribution in [2.24, 2.45) is 0 Å². The summed E-state index contributed by atoms with van der Waals surface area (Å²) in [5, 5.41) is 2.94. The van der Waals surface area contributed by atoms with Crippen molar-refractivity contribution in [1.29, 1.82) is 0 Å². The van der Waals surface area contributed by atoms with E-state index >= 15 is 0 Å². The molecule has 24 heavy (non-hydrogen) atoms. The minimum absolute atomic E-state index is 0.126. The summed E-state index contributed by atoms with van der Waals surface area (Å²) < 4.78 is 11.0. The molecule has 1 amide bonds. The van der Waals surface area contributed by atoms with Gasteiger partial charge in [-0.15, -0.1) is 0 Å². The van der Waals surface area contributed by atoms with E-state index in [0.717, 1.165) is 11.4 Å². The quantitative estimate of drug-likeness (QED) is 0.687. The topological polar surface area (TPSA) is 77.2 Å². The zero-order valence-electron chi connectivity index (χ0n) is 13.4. The predicted molar refractivity (Wildman–Crippen MR) is 93.4 cm³/mol. The molecule has 0 unspecified atom stereocenters. The van der Waals surface area contributed by atoms with E-state index in [1.54, 1.807) is 25.3 Å². The molecule has 2 aromatic heterocycles. The van der Waals surface area contributed by atoms with E-state index in [1.165, 1.54) is 11.8 Å². The normalized spacial score (nSPS) is 12.1. The summed E-state index contributed by atoms with van der Waals surface area (Å²) in [5.41, 5.74) is 1.87. The SMILES string of the molecule is CCOc1ccc(NC(=O)[C@@H](C)Sc2nc3ncccc3o2)cc1. The Morgan fingerprint density at radius 3 is 2.83 bits per heavy atom. The van der Waals surface area contributed by atoms with E-state index < -0.39 is 0 Å². The molecule has 0 saturated heterocycles. The molecule has 0 spiro atoms. The first-order valence-electron chi connectivity index (χ1n) is 7.57. The number of rotatable bonds is 6. The van der Waals surface area contributed by atoms with Gasteiger partial charge in [0.15, 0.2) is 11.2 Å². The van der Waals surface area contributed by atoms with Gasteiger partial charge in [0, 0.05) is 11.9 Å². The molecule has 0 bridgehead atoms. The van der Waals surface area contributed by atoms with Crippen molar-refractivity contribution >= 4 is 34.6 Å². The van der Waals surface area contributed by atoms with Gasteiger partial charge in [-0.05, 0) is 50.2 Å². The van der Waals surface area contributed by atoms with E-state index in [-0.39, 0.29) is 11.2 Å². The van der Waals surface area contributed by atoms with Crippen LogP contribution in [0.3, 0.4) is 0 Å². The van der Waals surface area contributed by atoms with Crippen molar-refractivity contribution in [3.05, 3.63) is 42.6 Å². The van der Waals surface area contributed by atoms with Crippen LogP contribution in [-0.2, 0) is 4.79 Å². The fourth-order valence-electron chi connectivity index (χ4n) is 2.05. The summed E-state index contributed by atoms with van der Waals surface area (Å²) in [4.78, 5) is 20.7. The molecule has 6 nitrogen and oxygen atoms in total. The minimum Gasteiger partial charge on any atom is -0.494 e. The molecular weight excluding hydrogens is 326 g/mol. The third-order valence-corrected chi connectivity index (χ3v) is 4.17. The molecule has 7 heteroatoms. The van der Waals surface area contributed by atoms with Crippen molar-refractivity contribution in [3.63, 3.8) is 0 Å². The summed E-state index contributed by atoms with van der Waals surface area (Å²) in [6.45, 7) is 4.34. The fourth-order valence-corrected chi connectivity index (χ4v) is 2.79. The number of hydrogen-bond acceptors (Lipinski definition) is 6. The molecule has 2 heterocycles. The highest BCUT2D eigenvalue weighted by Crippen LogP contribution is 2.26. The number of fused-ring (bicyclic) bond motifs is 1. The molecule has 0 aliphatic carbocycles. The van der Waals surface area contributed by atoms with Crippen LogP contribution >= 0.6 is 11.8 Å². The second-order valence-corrected chi connectivity index (χ2v) is 6.30. The van der Waals surface area contributed by atoms with E-state index in [9.17, 15) is 4.79 Å². The van der Waals surface area contributed by atoms with E-state index in [4.69, 9.17) is 9.15 Å². The first-order chi connectivity index (χ1) is 11.7. The number of pyridine rings is 1. The van der Waals surface area contributed by atoms with Gasteiger partial charge in [0.25, 0.3) is 5.22 Å². The molecule has 0 aliphatic rings. The lowest BCUT2D eigenvalue weighted by Crippen LogP contribution is -2.22. The van der Waals surface area contributed by atoms with Crippen LogP contribution < -0.4 is 10.1 Å². The molecule has 1 atom stereocenters. The number of hydrogen-bond donors (Lipinski definition) is 1. The Balaban J connectivity index is 1.61. The lowest BCUT2D eigenvalue weighted by atomic mass is 10.3. The first kappa shape index (κ1) is 16.3. The maximum Gasteiger partial charge on any atom is 0.259 e. The Morgan fingerprint density at radius 1 is 1.33 bits per heavy atom. The van der Waals surface area contributed by atoms with Gasteiger partial charge in [-0.3, -0.25) is 4.79 Å². The van der Waals surface area contributed by atoms with E-state index in [0.29, 0.717) is 23.1 Å². The monoisotopic (exact) mass is 343 g/mol. The van der Waals surface area contributed by atoms with Crippen molar-refractivity contribution in [1.82, 2.24) is 9.97 Å². The number of carbonyl (C=O) groups is 1. The van der Waals surface area contributed by atoms with Crippen LogP contribution in [0.4, 0.5) is 5.69 Å². The average molecular weight is 343 g/mol. The van der Waals surface area contributed by atoms with Gasteiger partial charge in [-0.1, -0.05) is 11.8 Å². The van der Waals surface area contributed by atoms with Crippen molar-refractivity contribution in [2.75, 3.05) is 11.9 Å². The van der Waals surface area contributed by atoms with Crippen LogP contribution in [0, 0.1) is 0 Å². The number of ether oxygens (including phenoxy) is 1. The summed E-state index contributed by atoms with van der Waals surface area (Å²) in [6, 6.07) is 10.8. The molecule has 3 aromatic rings. The van der Waals surface area contributed by atoms with Crippen LogP contribution in [-0.4, -0.2) is 27.7 Å². The van der Waals surface area contributed by atoms with Gasteiger partial charge in [-0.2, -0.15) is 4.98 Å². The largest absolute Gasteiger partial charge is 0.494 e. The molecule has 3 rings (SSSR count). The molecule has 0 saturated carbocycles. The van der Waals surface area contributed by atoms with Gasteiger partial charge >= 0.3 is 0 Å². The first-order valence-corrected chi connectivity index (χ1v) is 8.45. The van der Waals surface area contributed by atoms with Crippen LogP contribution in [0.25, 0.3) is 11.2 Å². The Hall–Kier alpha value is -2.54. The highest BCUT2D eigenvalue weighted by Gasteiger charge is 2.18. The fraction of sp³-hybridized carbons (Fsp3) is 0.235. The average Bonchev–Trinajstić information content (AvgIpc) is 2.99. The molecule has 1 aromatic carbocycles. The molecule has 0 fully saturated rings. The van der Waals surface area contributed by atoms with E-state index in [2.05, 4.69) is 15.3 Å². The highest BCUT2D eigenvalue weighted by molar-refractivity contribution is 8.00. The van der Waals surface area contributed by atoms with Crippen LogP contribution in [0.2, 0.25) is 0 Å². The number of carbonyl (C=O) groups excluding carboxylic acids is 1. The Labute approximate surface area is 143 Å². The number of amides is 1. The predicted octanol–water partition coefficient (Wildman–Crippen LogP) is 3.74. The van der Waals surface area contributed by atoms with Gasteiger partial charge in [0.05, 0.1) is 11.9 Å². The second kappa shape index (κ2) is 7.35. The summed E-state index contributed by atoms with van der Waals surface area (Å²) in [7, 11) is 0. The summed E-state index contributed by atoms with van der Waals surface area (Å²) in [6.07, 6.45) is 1.65.